The molecule has 92 valence electrons. The molecule has 1 unspecified atom stereocenters. The Kier molecular flexibility index (Phi) is 3.57. The van der Waals surface area contributed by atoms with Crippen molar-refractivity contribution in [2.75, 3.05) is 18.6 Å². The maximum Gasteiger partial charge on any atom is 0.139 e. The first-order valence-electron chi connectivity index (χ1n) is 5.73. The zero-order valence-corrected chi connectivity index (χ0v) is 10.8. The van der Waals surface area contributed by atoms with Crippen LogP contribution in [-0.4, -0.2) is 25.5 Å². The summed E-state index contributed by atoms with van der Waals surface area (Å²) in [6, 6.07) is 5.96. The predicted octanol–water partition coefficient (Wildman–Crippen LogP) is 2.91. The Morgan fingerprint density at radius 2 is 2.24 bits per heavy atom. The van der Waals surface area contributed by atoms with Crippen LogP contribution in [0.25, 0.3) is 0 Å². The Morgan fingerprint density at radius 1 is 1.47 bits per heavy atom. The second kappa shape index (κ2) is 4.96. The minimum Gasteiger partial charge on any atom is -0.495 e. The van der Waals surface area contributed by atoms with Gasteiger partial charge in [-0.3, -0.25) is 4.79 Å². The molecule has 0 amide bonds. The van der Waals surface area contributed by atoms with Crippen molar-refractivity contribution in [3.8, 4) is 5.75 Å². The van der Waals surface area contributed by atoms with Crippen LogP contribution in [0.15, 0.2) is 18.2 Å². The molecule has 1 aromatic carbocycles. The third kappa shape index (κ3) is 2.55. The lowest BCUT2D eigenvalue weighted by atomic mass is 10.0. The summed E-state index contributed by atoms with van der Waals surface area (Å²) in [7, 11) is 1.61. The number of carbonyl (C=O) groups is 1. The summed E-state index contributed by atoms with van der Waals surface area (Å²) in [6.07, 6.45) is 1.24. The Bertz CT molecular complexity index is 433. The third-order valence-electron chi connectivity index (χ3n) is 3.15. The molecule has 1 saturated heterocycles. The van der Waals surface area contributed by atoms with Crippen LogP contribution in [0.5, 0.6) is 5.75 Å². The highest BCUT2D eigenvalue weighted by molar-refractivity contribution is 6.32. The fourth-order valence-electron chi connectivity index (χ4n) is 2.22. The summed E-state index contributed by atoms with van der Waals surface area (Å²) in [6.45, 7) is 2.84. The van der Waals surface area contributed by atoms with E-state index in [0.717, 1.165) is 12.2 Å². The van der Waals surface area contributed by atoms with Crippen LogP contribution in [0.1, 0.15) is 19.8 Å². The van der Waals surface area contributed by atoms with Crippen molar-refractivity contribution in [2.45, 2.75) is 25.8 Å². The van der Waals surface area contributed by atoms with Crippen molar-refractivity contribution in [1.29, 1.82) is 0 Å². The molecule has 0 spiro atoms. The molecule has 0 aromatic heterocycles. The quantitative estimate of drug-likeness (QED) is 0.812. The third-order valence-corrected chi connectivity index (χ3v) is 3.47. The van der Waals surface area contributed by atoms with Gasteiger partial charge in [-0.25, -0.2) is 0 Å². The molecule has 4 heteroatoms. The van der Waals surface area contributed by atoms with Crippen molar-refractivity contribution >= 4 is 23.1 Å². The molecule has 1 fully saturated rings. The number of ketones is 1. The first kappa shape index (κ1) is 12.2. The SMILES string of the molecule is COc1cc(N2CCC(=O)CC2C)ccc1Cl. The molecule has 1 aromatic rings. The first-order valence-corrected chi connectivity index (χ1v) is 6.11. The van der Waals surface area contributed by atoms with Gasteiger partial charge in [-0.2, -0.15) is 0 Å². The number of methoxy groups -OCH3 is 1. The highest BCUT2D eigenvalue weighted by Crippen LogP contribution is 2.31. The number of carbonyl (C=O) groups excluding carboxylic acids is 1. The van der Waals surface area contributed by atoms with Gasteiger partial charge in [-0.1, -0.05) is 11.6 Å². The molecule has 1 aliphatic rings. The number of piperidine rings is 1. The standard InChI is InChI=1S/C13H16ClNO2/c1-9-7-11(16)5-6-15(9)10-3-4-12(14)13(8-10)17-2/h3-4,8-9H,5-7H2,1-2H3. The number of Topliss-reactive ketones (excluding diaryl/α,β-unsaturated/α-hetero) is 1. The van der Waals surface area contributed by atoms with Crippen LogP contribution < -0.4 is 9.64 Å². The first-order chi connectivity index (χ1) is 8.11. The van der Waals surface area contributed by atoms with Gasteiger partial charge in [-0.05, 0) is 19.1 Å². The maximum absolute atomic E-state index is 11.4. The lowest BCUT2D eigenvalue weighted by Crippen LogP contribution is -2.41. The summed E-state index contributed by atoms with van der Waals surface area (Å²) in [4.78, 5) is 13.6. The molecule has 3 nitrogen and oxygen atoms in total. The van der Waals surface area contributed by atoms with Crippen LogP contribution in [0.3, 0.4) is 0 Å². The lowest BCUT2D eigenvalue weighted by Gasteiger charge is -2.34. The van der Waals surface area contributed by atoms with E-state index >= 15 is 0 Å². The monoisotopic (exact) mass is 253 g/mol. The van der Waals surface area contributed by atoms with Crippen molar-refractivity contribution < 1.29 is 9.53 Å². The number of anilines is 1. The summed E-state index contributed by atoms with van der Waals surface area (Å²) >= 11 is 6.00. The second-order valence-corrected chi connectivity index (χ2v) is 4.76. The molecular formula is C13H16ClNO2. The van der Waals surface area contributed by atoms with E-state index in [2.05, 4.69) is 11.8 Å². The number of benzene rings is 1. The number of halogens is 1. The van der Waals surface area contributed by atoms with Gasteiger partial charge in [-0.15, -0.1) is 0 Å². The Morgan fingerprint density at radius 3 is 2.88 bits per heavy atom. The fraction of sp³-hybridized carbons (Fsp3) is 0.462. The largest absolute Gasteiger partial charge is 0.495 e. The van der Waals surface area contributed by atoms with Crippen LogP contribution >= 0.6 is 11.6 Å². The van der Waals surface area contributed by atoms with Gasteiger partial charge >= 0.3 is 0 Å². The number of rotatable bonds is 2. The van der Waals surface area contributed by atoms with Gasteiger partial charge in [0.2, 0.25) is 0 Å². The summed E-state index contributed by atoms with van der Waals surface area (Å²) in [5.41, 5.74) is 1.06. The molecule has 0 bridgehead atoms. The predicted molar refractivity (Wildman–Crippen MR) is 69.1 cm³/mol. The molecule has 1 aliphatic heterocycles. The Labute approximate surface area is 106 Å². The van der Waals surface area contributed by atoms with Crippen LogP contribution in [0.2, 0.25) is 5.02 Å². The highest BCUT2D eigenvalue weighted by atomic mass is 35.5. The normalized spacial score (nSPS) is 20.5. The summed E-state index contributed by atoms with van der Waals surface area (Å²) < 4.78 is 5.21. The van der Waals surface area contributed by atoms with Crippen LogP contribution in [-0.2, 0) is 4.79 Å². The molecular weight excluding hydrogens is 238 g/mol. The van der Waals surface area contributed by atoms with E-state index in [1.165, 1.54) is 0 Å². The molecule has 2 rings (SSSR count). The van der Waals surface area contributed by atoms with Gasteiger partial charge in [0.15, 0.2) is 0 Å². The minimum absolute atomic E-state index is 0.238. The van der Waals surface area contributed by atoms with Crippen LogP contribution in [0, 0.1) is 0 Å². The van der Waals surface area contributed by atoms with Crippen molar-refractivity contribution in [1.82, 2.24) is 0 Å². The molecule has 1 heterocycles. The van der Waals surface area contributed by atoms with E-state index in [1.807, 2.05) is 18.2 Å². The molecule has 17 heavy (non-hydrogen) atoms. The topological polar surface area (TPSA) is 29.5 Å². The highest BCUT2D eigenvalue weighted by Gasteiger charge is 2.24. The van der Waals surface area contributed by atoms with Crippen molar-refractivity contribution in [2.24, 2.45) is 0 Å². The average Bonchev–Trinajstić information content (AvgIpc) is 2.30. The van der Waals surface area contributed by atoms with E-state index in [-0.39, 0.29) is 6.04 Å². The van der Waals surface area contributed by atoms with Gasteiger partial charge in [0.1, 0.15) is 11.5 Å². The van der Waals surface area contributed by atoms with Gasteiger partial charge < -0.3 is 9.64 Å². The van der Waals surface area contributed by atoms with E-state index in [0.29, 0.717) is 29.4 Å². The summed E-state index contributed by atoms with van der Waals surface area (Å²) in [5, 5.41) is 0.608. The zero-order chi connectivity index (χ0) is 12.4. The minimum atomic E-state index is 0.238. The molecule has 0 radical (unpaired) electrons. The van der Waals surface area contributed by atoms with E-state index in [9.17, 15) is 4.79 Å². The van der Waals surface area contributed by atoms with Crippen molar-refractivity contribution in [3.05, 3.63) is 23.2 Å². The van der Waals surface area contributed by atoms with Crippen LogP contribution in [0.4, 0.5) is 5.69 Å². The van der Waals surface area contributed by atoms with Gasteiger partial charge in [0.05, 0.1) is 12.1 Å². The Balaban J connectivity index is 2.24. The van der Waals surface area contributed by atoms with Gasteiger partial charge in [0.25, 0.3) is 0 Å². The second-order valence-electron chi connectivity index (χ2n) is 4.35. The number of nitrogens with zero attached hydrogens (tertiary/aromatic N) is 1. The smallest absolute Gasteiger partial charge is 0.139 e. The zero-order valence-electron chi connectivity index (χ0n) is 10.1. The molecule has 0 saturated carbocycles. The lowest BCUT2D eigenvalue weighted by molar-refractivity contribution is -0.120. The summed E-state index contributed by atoms with van der Waals surface area (Å²) in [5.74, 6) is 1.02. The molecule has 0 N–H and O–H groups in total. The molecule has 0 aliphatic carbocycles. The van der Waals surface area contributed by atoms with Crippen molar-refractivity contribution in [3.63, 3.8) is 0 Å². The number of ether oxygens (including phenoxy) is 1. The van der Waals surface area contributed by atoms with E-state index < -0.39 is 0 Å². The maximum atomic E-state index is 11.4. The van der Waals surface area contributed by atoms with E-state index in [1.54, 1.807) is 7.11 Å². The fourth-order valence-corrected chi connectivity index (χ4v) is 2.41. The average molecular weight is 254 g/mol. The van der Waals surface area contributed by atoms with E-state index in [4.69, 9.17) is 16.3 Å². The number of hydrogen-bond acceptors (Lipinski definition) is 3. The number of hydrogen-bond donors (Lipinski definition) is 0. The Hall–Kier alpha value is -1.22. The molecule has 1 atom stereocenters. The van der Waals surface area contributed by atoms with Gasteiger partial charge in [0, 0.05) is 37.2 Å².